The summed E-state index contributed by atoms with van der Waals surface area (Å²) in [6.07, 6.45) is 1.35. The quantitative estimate of drug-likeness (QED) is 0.760. The van der Waals surface area contributed by atoms with Crippen molar-refractivity contribution in [3.63, 3.8) is 0 Å². The molecule has 2 N–H and O–H groups in total. The Morgan fingerprint density at radius 3 is 2.52 bits per heavy atom. The lowest BCUT2D eigenvalue weighted by Gasteiger charge is -2.25. The van der Waals surface area contributed by atoms with Gasteiger partial charge in [-0.25, -0.2) is 0 Å². The minimum absolute atomic E-state index is 0.107. The van der Waals surface area contributed by atoms with Gasteiger partial charge in [0.05, 0.1) is 0 Å². The summed E-state index contributed by atoms with van der Waals surface area (Å²) >= 11 is 0. The largest absolute Gasteiger partial charge is 0.343 e. The Morgan fingerprint density at radius 1 is 1.06 bits per heavy atom. The van der Waals surface area contributed by atoms with Crippen LogP contribution in [0.25, 0.3) is 0 Å². The zero-order valence-electron chi connectivity index (χ0n) is 17.3. The van der Waals surface area contributed by atoms with E-state index in [0.29, 0.717) is 35.7 Å². The van der Waals surface area contributed by atoms with Gasteiger partial charge in [0.25, 0.3) is 10.0 Å². The lowest BCUT2D eigenvalue weighted by molar-refractivity contribution is -0.119. The summed E-state index contributed by atoms with van der Waals surface area (Å²) in [6, 6.07) is 13.1. The van der Waals surface area contributed by atoms with Crippen molar-refractivity contribution in [3.05, 3.63) is 54.1 Å². The van der Waals surface area contributed by atoms with Crippen LogP contribution in [0.5, 0.6) is 0 Å². The van der Waals surface area contributed by atoms with E-state index in [1.165, 1.54) is 6.07 Å². The number of carbonyl (C=O) groups excluding carboxylic acids is 2. The molecule has 0 aromatic heterocycles. The van der Waals surface area contributed by atoms with Gasteiger partial charge in [0.2, 0.25) is 11.8 Å². The van der Waals surface area contributed by atoms with Crippen LogP contribution in [0.3, 0.4) is 0 Å². The van der Waals surface area contributed by atoms with Gasteiger partial charge in [-0.1, -0.05) is 32.0 Å². The Kier molecular flexibility index (Phi) is 5.53. The van der Waals surface area contributed by atoms with Crippen LogP contribution in [-0.4, -0.2) is 43.6 Å². The third-order valence-corrected chi connectivity index (χ3v) is 6.69. The van der Waals surface area contributed by atoms with Crippen LogP contribution < -0.4 is 10.6 Å². The monoisotopic (exact) mass is 440 g/mol. The van der Waals surface area contributed by atoms with E-state index in [-0.39, 0.29) is 22.6 Å². The molecule has 4 rings (SSSR count). The predicted octanol–water partition coefficient (Wildman–Crippen LogP) is 2.83. The average Bonchev–Trinajstić information content (AvgIpc) is 3.31. The molecule has 2 aliphatic rings. The highest BCUT2D eigenvalue weighted by atomic mass is 32.2. The number of carbonyl (C=O) groups is 2. The molecule has 0 bridgehead atoms. The van der Waals surface area contributed by atoms with Crippen molar-refractivity contribution in [2.24, 2.45) is 10.3 Å². The Morgan fingerprint density at radius 2 is 1.77 bits per heavy atom. The maximum absolute atomic E-state index is 13.1. The van der Waals surface area contributed by atoms with Crippen LogP contribution >= 0.6 is 0 Å². The number of nitrogens with one attached hydrogen (secondary N) is 2. The summed E-state index contributed by atoms with van der Waals surface area (Å²) in [5.74, 6) is -0.179. The molecule has 0 aliphatic carbocycles. The summed E-state index contributed by atoms with van der Waals surface area (Å²) in [6.45, 7) is 4.16. The van der Waals surface area contributed by atoms with Crippen LogP contribution in [0, 0.1) is 5.92 Å². The zero-order valence-corrected chi connectivity index (χ0v) is 18.1. The van der Waals surface area contributed by atoms with E-state index in [1.807, 2.05) is 0 Å². The van der Waals surface area contributed by atoms with E-state index in [4.69, 9.17) is 0 Å². The van der Waals surface area contributed by atoms with E-state index in [9.17, 15) is 18.0 Å². The first-order valence-electron chi connectivity index (χ1n) is 10.2. The molecular weight excluding hydrogens is 416 g/mol. The summed E-state index contributed by atoms with van der Waals surface area (Å²) < 4.78 is 28.8. The second-order valence-corrected chi connectivity index (χ2v) is 9.52. The molecule has 1 atom stereocenters. The number of sulfonamides is 1. The Bertz CT molecular complexity index is 1170. The summed E-state index contributed by atoms with van der Waals surface area (Å²) in [4.78, 5) is 26.9. The second-order valence-electron chi connectivity index (χ2n) is 7.95. The van der Waals surface area contributed by atoms with Crippen LogP contribution in [0.1, 0.15) is 32.3 Å². The molecule has 2 aromatic rings. The number of benzene rings is 2. The number of fused-ring (bicyclic) bond motifs is 1. The van der Waals surface area contributed by atoms with Crippen molar-refractivity contribution in [1.82, 2.24) is 4.90 Å². The van der Waals surface area contributed by atoms with Gasteiger partial charge in [0.15, 0.2) is 5.84 Å². The number of anilines is 2. The molecule has 2 aliphatic heterocycles. The van der Waals surface area contributed by atoms with Crippen LogP contribution in [0.2, 0.25) is 0 Å². The van der Waals surface area contributed by atoms with Gasteiger partial charge < -0.3 is 15.5 Å². The first kappa shape index (κ1) is 21.0. The van der Waals surface area contributed by atoms with Crippen molar-refractivity contribution in [1.29, 1.82) is 0 Å². The van der Waals surface area contributed by atoms with Gasteiger partial charge in [-0.2, -0.15) is 8.42 Å². The minimum Gasteiger partial charge on any atom is -0.343 e. The van der Waals surface area contributed by atoms with Crippen LogP contribution in [0.15, 0.2) is 57.8 Å². The number of amides is 2. The van der Waals surface area contributed by atoms with Crippen LogP contribution in [0.4, 0.5) is 11.4 Å². The highest BCUT2D eigenvalue weighted by Crippen LogP contribution is 2.31. The van der Waals surface area contributed by atoms with Gasteiger partial charge in [-0.05, 0) is 43.2 Å². The molecule has 0 unspecified atom stereocenters. The molecule has 0 radical (unpaired) electrons. The molecule has 1 fully saturated rings. The Hall–Kier alpha value is -3.20. The van der Waals surface area contributed by atoms with Gasteiger partial charge in [-0.3, -0.25) is 9.59 Å². The molecule has 162 valence electrons. The molecule has 0 saturated carbocycles. The molecule has 2 heterocycles. The normalized spacial score (nSPS) is 19.1. The average molecular weight is 441 g/mol. The van der Waals surface area contributed by atoms with Crippen molar-refractivity contribution < 1.29 is 18.0 Å². The van der Waals surface area contributed by atoms with E-state index in [1.54, 1.807) is 61.2 Å². The third kappa shape index (κ3) is 4.18. The number of rotatable bonds is 4. The fraction of sp³-hybridized carbons (Fsp3) is 0.318. The number of likely N-dealkylation sites (tertiary alicyclic amines) is 1. The first-order valence-corrected chi connectivity index (χ1v) is 11.6. The maximum atomic E-state index is 13.1. The lowest BCUT2D eigenvalue weighted by atomic mass is 10.1. The molecule has 31 heavy (non-hydrogen) atoms. The van der Waals surface area contributed by atoms with Crippen molar-refractivity contribution in [2.45, 2.75) is 37.6 Å². The minimum atomic E-state index is -3.75. The molecule has 0 spiro atoms. The highest BCUT2D eigenvalue weighted by molar-refractivity contribution is 7.90. The number of hydrogen-bond donors (Lipinski definition) is 2. The second kappa shape index (κ2) is 8.14. The van der Waals surface area contributed by atoms with Crippen molar-refractivity contribution in [3.8, 4) is 0 Å². The summed E-state index contributed by atoms with van der Waals surface area (Å²) in [5, 5.41) is 5.70. The fourth-order valence-electron chi connectivity index (χ4n) is 3.78. The SMILES string of the molecule is CC(C)C(=O)Nc1cccc(NC(=O)[C@@H]2CCCN2C2=NS(=O)(=O)c3ccccc32)c1. The Balaban J connectivity index is 1.53. The fourth-order valence-corrected chi connectivity index (χ4v) is 4.99. The first-order chi connectivity index (χ1) is 14.8. The summed E-state index contributed by atoms with van der Waals surface area (Å²) in [7, 11) is -3.75. The van der Waals surface area contributed by atoms with E-state index in [2.05, 4.69) is 15.0 Å². The molecule has 9 heteroatoms. The molecular formula is C22H24N4O4S. The Labute approximate surface area is 181 Å². The van der Waals surface area contributed by atoms with E-state index >= 15 is 0 Å². The number of nitrogens with zero attached hydrogens (tertiary/aromatic N) is 2. The maximum Gasteiger partial charge on any atom is 0.285 e. The predicted molar refractivity (Wildman–Crippen MR) is 118 cm³/mol. The lowest BCUT2D eigenvalue weighted by Crippen LogP contribution is -2.43. The topological polar surface area (TPSA) is 108 Å². The summed E-state index contributed by atoms with van der Waals surface area (Å²) in [5.41, 5.74) is 1.68. The van der Waals surface area contributed by atoms with Crippen molar-refractivity contribution >= 4 is 39.0 Å². The number of hydrogen-bond acceptors (Lipinski definition) is 5. The molecule has 1 saturated heterocycles. The van der Waals surface area contributed by atoms with Gasteiger partial charge in [-0.15, -0.1) is 4.40 Å². The van der Waals surface area contributed by atoms with Gasteiger partial charge in [0.1, 0.15) is 10.9 Å². The van der Waals surface area contributed by atoms with Crippen LogP contribution in [-0.2, 0) is 19.6 Å². The third-order valence-electron chi connectivity index (χ3n) is 5.36. The van der Waals surface area contributed by atoms with Gasteiger partial charge in [0, 0.05) is 29.4 Å². The van der Waals surface area contributed by atoms with Gasteiger partial charge >= 0.3 is 0 Å². The molecule has 2 aromatic carbocycles. The van der Waals surface area contributed by atoms with E-state index < -0.39 is 16.1 Å². The highest BCUT2D eigenvalue weighted by Gasteiger charge is 2.39. The van der Waals surface area contributed by atoms with Crippen molar-refractivity contribution in [2.75, 3.05) is 17.2 Å². The zero-order chi connectivity index (χ0) is 22.2. The number of amidine groups is 1. The standard InChI is InChI=1S/C22H24N4O4S/c1-14(2)21(27)23-15-7-5-8-16(13-15)24-22(28)18-10-6-12-26(18)20-17-9-3-4-11-19(17)31(29,30)25-20/h3-5,7-9,11,13-14,18H,6,10,12H2,1-2H3,(H,23,27)(H,24,28)/t18-/m0/s1. The smallest absolute Gasteiger partial charge is 0.285 e. The molecule has 2 amide bonds. The van der Waals surface area contributed by atoms with E-state index in [0.717, 1.165) is 6.42 Å². The molecule has 8 nitrogen and oxygen atoms in total.